The molecule has 2 rings (SSSR count). The van der Waals surface area contributed by atoms with Gasteiger partial charge < -0.3 is 9.84 Å². The summed E-state index contributed by atoms with van der Waals surface area (Å²) in [4.78, 5) is 4.00. The van der Waals surface area contributed by atoms with Crippen LogP contribution < -0.4 is 0 Å². The van der Waals surface area contributed by atoms with Gasteiger partial charge in [0.1, 0.15) is 11.5 Å². The fraction of sp³-hybridized carbons (Fsp3) is 0.462. The molecule has 1 aliphatic heterocycles. The molecule has 1 aromatic heterocycles. The molecule has 0 amide bonds. The van der Waals surface area contributed by atoms with Gasteiger partial charge in [0.05, 0.1) is 6.10 Å². The number of nitrogens with zero attached hydrogens (tertiary/aromatic N) is 2. The summed E-state index contributed by atoms with van der Waals surface area (Å²) >= 11 is 0. The average Bonchev–Trinajstić information content (AvgIpc) is 2.95. The summed E-state index contributed by atoms with van der Waals surface area (Å²) < 4.78 is 31.5. The van der Waals surface area contributed by atoms with Crippen molar-refractivity contribution in [1.82, 2.24) is 9.29 Å². The van der Waals surface area contributed by atoms with Crippen LogP contribution in [0.1, 0.15) is 12.0 Å². The Kier molecular flexibility index (Phi) is 4.73. The summed E-state index contributed by atoms with van der Waals surface area (Å²) in [6, 6.07) is 1.46. The topological polar surface area (TPSA) is 79.7 Å². The van der Waals surface area contributed by atoms with Crippen LogP contribution in [-0.2, 0) is 14.8 Å². The first-order chi connectivity index (χ1) is 9.57. The van der Waals surface area contributed by atoms with Gasteiger partial charge in [-0.2, -0.15) is 4.31 Å². The van der Waals surface area contributed by atoms with Gasteiger partial charge in [0.25, 0.3) is 0 Å². The van der Waals surface area contributed by atoms with Crippen LogP contribution in [0.5, 0.6) is 0 Å². The normalized spacial score (nSPS) is 19.6. The molecule has 0 spiro atoms. The van der Waals surface area contributed by atoms with E-state index in [-0.39, 0.29) is 17.6 Å². The number of hydrogen-bond donors (Lipinski definition) is 1. The summed E-state index contributed by atoms with van der Waals surface area (Å²) in [5, 5.41) is 8.65. The van der Waals surface area contributed by atoms with E-state index in [0.717, 1.165) is 0 Å². The van der Waals surface area contributed by atoms with E-state index in [9.17, 15) is 8.42 Å². The molecule has 7 heteroatoms. The zero-order valence-electron chi connectivity index (χ0n) is 11.1. The van der Waals surface area contributed by atoms with Gasteiger partial charge in [-0.3, -0.25) is 4.98 Å². The van der Waals surface area contributed by atoms with Gasteiger partial charge in [0, 0.05) is 38.2 Å². The third-order valence-electron chi connectivity index (χ3n) is 3.10. The molecule has 108 valence electrons. The molecular weight excluding hydrogens is 280 g/mol. The van der Waals surface area contributed by atoms with Crippen LogP contribution in [0.15, 0.2) is 23.4 Å². The number of sulfonamides is 1. The molecule has 6 nitrogen and oxygen atoms in total. The lowest BCUT2D eigenvalue weighted by Gasteiger charge is -2.16. The Morgan fingerprint density at radius 1 is 1.55 bits per heavy atom. The van der Waals surface area contributed by atoms with E-state index in [1.165, 1.54) is 22.8 Å². The molecule has 1 atom stereocenters. The molecule has 1 aliphatic rings. The first kappa shape index (κ1) is 14.9. The van der Waals surface area contributed by atoms with Crippen molar-refractivity contribution in [2.75, 3.05) is 26.8 Å². The number of aliphatic hydroxyl groups is 1. The highest BCUT2D eigenvalue weighted by molar-refractivity contribution is 7.89. The Hall–Kier alpha value is -1.46. The van der Waals surface area contributed by atoms with Crippen LogP contribution in [0.2, 0.25) is 0 Å². The fourth-order valence-corrected chi connectivity index (χ4v) is 3.50. The number of aliphatic hydroxyl groups excluding tert-OH is 1. The van der Waals surface area contributed by atoms with Crippen molar-refractivity contribution in [3.63, 3.8) is 0 Å². The van der Waals surface area contributed by atoms with E-state index in [0.29, 0.717) is 25.1 Å². The zero-order chi connectivity index (χ0) is 14.6. The second-order valence-electron chi connectivity index (χ2n) is 4.38. The number of rotatable bonds is 3. The maximum Gasteiger partial charge on any atom is 0.244 e. The Balaban J connectivity index is 2.26. The van der Waals surface area contributed by atoms with E-state index in [1.54, 1.807) is 7.11 Å². The minimum absolute atomic E-state index is 0.0601. The fourth-order valence-electron chi connectivity index (χ4n) is 2.03. The quantitative estimate of drug-likeness (QED) is 0.784. The van der Waals surface area contributed by atoms with Crippen molar-refractivity contribution in [2.45, 2.75) is 17.4 Å². The molecule has 20 heavy (non-hydrogen) atoms. The van der Waals surface area contributed by atoms with Crippen LogP contribution in [0.4, 0.5) is 0 Å². The highest BCUT2D eigenvalue weighted by Gasteiger charge is 2.32. The molecule has 0 aliphatic carbocycles. The van der Waals surface area contributed by atoms with Gasteiger partial charge in [-0.15, -0.1) is 0 Å². The number of hydrogen-bond acceptors (Lipinski definition) is 5. The summed E-state index contributed by atoms with van der Waals surface area (Å²) in [5.74, 6) is 5.11. The average molecular weight is 296 g/mol. The Morgan fingerprint density at radius 2 is 2.35 bits per heavy atom. The largest absolute Gasteiger partial charge is 0.384 e. The minimum Gasteiger partial charge on any atom is -0.384 e. The van der Waals surface area contributed by atoms with Crippen molar-refractivity contribution in [1.29, 1.82) is 0 Å². The summed E-state index contributed by atoms with van der Waals surface area (Å²) in [5.41, 5.74) is 0.461. The highest BCUT2D eigenvalue weighted by Crippen LogP contribution is 2.22. The SMILES string of the molecule is COC1CCN(S(=O)(=O)c2cncc(C#CCO)c2)C1. The van der Waals surface area contributed by atoms with Crippen LogP contribution in [-0.4, -0.2) is 55.7 Å². The van der Waals surface area contributed by atoms with Crippen LogP contribution in [0.3, 0.4) is 0 Å². The third-order valence-corrected chi connectivity index (χ3v) is 4.93. The lowest BCUT2D eigenvalue weighted by Crippen LogP contribution is -2.30. The van der Waals surface area contributed by atoms with Gasteiger partial charge in [0.2, 0.25) is 10.0 Å². The monoisotopic (exact) mass is 296 g/mol. The summed E-state index contributed by atoms with van der Waals surface area (Å²) in [6.45, 7) is 0.511. The molecule has 1 fully saturated rings. The van der Waals surface area contributed by atoms with Crippen LogP contribution >= 0.6 is 0 Å². The molecular formula is C13H16N2O4S. The van der Waals surface area contributed by atoms with Crippen molar-refractivity contribution >= 4 is 10.0 Å². The molecule has 0 saturated carbocycles. The van der Waals surface area contributed by atoms with Gasteiger partial charge in [-0.05, 0) is 12.5 Å². The first-order valence-electron chi connectivity index (χ1n) is 6.15. The zero-order valence-corrected chi connectivity index (χ0v) is 11.9. The molecule has 0 radical (unpaired) electrons. The Labute approximate surface area is 118 Å². The van der Waals surface area contributed by atoms with E-state index in [2.05, 4.69) is 16.8 Å². The molecule has 1 N–H and O–H groups in total. The lowest BCUT2D eigenvalue weighted by molar-refractivity contribution is 0.115. The smallest absolute Gasteiger partial charge is 0.244 e. The summed E-state index contributed by atoms with van der Waals surface area (Å²) in [6.07, 6.45) is 3.39. The van der Waals surface area contributed by atoms with Crippen LogP contribution in [0.25, 0.3) is 0 Å². The van der Waals surface area contributed by atoms with Gasteiger partial charge in [0.15, 0.2) is 0 Å². The highest BCUT2D eigenvalue weighted by atomic mass is 32.2. The summed E-state index contributed by atoms with van der Waals surface area (Å²) in [7, 11) is -1.99. The number of ether oxygens (including phenoxy) is 1. The van der Waals surface area contributed by atoms with E-state index in [1.807, 2.05) is 0 Å². The van der Waals surface area contributed by atoms with E-state index >= 15 is 0 Å². The number of pyridine rings is 1. The maximum atomic E-state index is 12.5. The van der Waals surface area contributed by atoms with Crippen LogP contribution in [0, 0.1) is 11.8 Å². The van der Waals surface area contributed by atoms with Crippen molar-refractivity contribution in [3.8, 4) is 11.8 Å². The van der Waals surface area contributed by atoms with Crippen molar-refractivity contribution in [2.24, 2.45) is 0 Å². The predicted octanol–water partition coefficient (Wildman–Crippen LogP) is -0.165. The molecule has 0 aromatic carbocycles. The molecule has 2 heterocycles. The van der Waals surface area contributed by atoms with E-state index in [4.69, 9.17) is 9.84 Å². The van der Waals surface area contributed by atoms with E-state index < -0.39 is 10.0 Å². The Bertz CT molecular complexity index is 633. The first-order valence-corrected chi connectivity index (χ1v) is 7.59. The third kappa shape index (κ3) is 3.16. The van der Waals surface area contributed by atoms with Gasteiger partial charge >= 0.3 is 0 Å². The van der Waals surface area contributed by atoms with Crippen molar-refractivity contribution in [3.05, 3.63) is 24.0 Å². The molecule has 1 aromatic rings. The molecule has 1 unspecified atom stereocenters. The maximum absolute atomic E-state index is 12.5. The standard InChI is InChI=1S/C13H16N2O4S/c1-19-12-4-5-15(10-12)20(17,18)13-7-11(3-2-6-16)8-14-9-13/h7-9,12,16H,4-6,10H2,1H3. The number of methoxy groups -OCH3 is 1. The molecule has 1 saturated heterocycles. The minimum atomic E-state index is -3.57. The lowest BCUT2D eigenvalue weighted by atomic mass is 10.3. The van der Waals surface area contributed by atoms with Crippen molar-refractivity contribution < 1.29 is 18.3 Å². The number of aromatic nitrogens is 1. The second-order valence-corrected chi connectivity index (χ2v) is 6.32. The predicted molar refractivity (Wildman–Crippen MR) is 72.4 cm³/mol. The Morgan fingerprint density at radius 3 is 3.00 bits per heavy atom. The van der Waals surface area contributed by atoms with Gasteiger partial charge in [-0.1, -0.05) is 11.8 Å². The second kappa shape index (κ2) is 6.33. The van der Waals surface area contributed by atoms with Gasteiger partial charge in [-0.25, -0.2) is 8.42 Å². The molecule has 0 bridgehead atoms.